The van der Waals surface area contributed by atoms with Crippen LogP contribution in [0.3, 0.4) is 0 Å². The molecule has 3 amide bonds. The largest absolute Gasteiger partial charge is 0.322 e. The Labute approximate surface area is 164 Å². The van der Waals surface area contributed by atoms with Crippen LogP contribution in [-0.2, 0) is 9.59 Å². The van der Waals surface area contributed by atoms with Gasteiger partial charge in [0.1, 0.15) is 0 Å². The lowest BCUT2D eigenvalue weighted by Crippen LogP contribution is -2.68. The van der Waals surface area contributed by atoms with Crippen LogP contribution in [0.25, 0.3) is 0 Å². The first kappa shape index (κ1) is 17.0. The Balaban J connectivity index is 1.80. The van der Waals surface area contributed by atoms with Crippen LogP contribution in [-0.4, -0.2) is 35.3 Å². The second-order valence-corrected chi connectivity index (χ2v) is 7.63. The number of amides is 3. The maximum atomic E-state index is 13.3. The first-order valence-electron chi connectivity index (χ1n) is 8.22. The van der Waals surface area contributed by atoms with Crippen molar-refractivity contribution in [1.29, 1.82) is 0 Å². The van der Waals surface area contributed by atoms with Crippen LogP contribution in [0, 0.1) is 3.57 Å². The highest BCUT2D eigenvalue weighted by atomic mass is 127. The van der Waals surface area contributed by atoms with Gasteiger partial charge in [-0.1, -0.05) is 12.1 Å². The van der Waals surface area contributed by atoms with Crippen LogP contribution in [0.5, 0.6) is 0 Å². The van der Waals surface area contributed by atoms with E-state index >= 15 is 0 Å². The van der Waals surface area contributed by atoms with Crippen LogP contribution in [0.1, 0.15) is 23.2 Å². The zero-order valence-electron chi connectivity index (χ0n) is 14.0. The molecule has 1 atom stereocenters. The maximum Gasteiger partial charge on any atom is 0.271 e. The predicted octanol–water partition coefficient (Wildman–Crippen LogP) is 2.84. The lowest BCUT2D eigenvalue weighted by molar-refractivity contribution is -0.128. The van der Waals surface area contributed by atoms with Gasteiger partial charge in [-0.3, -0.25) is 19.3 Å². The van der Waals surface area contributed by atoms with E-state index < -0.39 is 5.66 Å². The van der Waals surface area contributed by atoms with Gasteiger partial charge in [0.05, 0.1) is 11.3 Å². The molecule has 0 aromatic heterocycles. The number of para-hydroxylation sites is 1. The van der Waals surface area contributed by atoms with Crippen molar-refractivity contribution in [2.24, 2.45) is 0 Å². The summed E-state index contributed by atoms with van der Waals surface area (Å²) in [4.78, 5) is 41.7. The van der Waals surface area contributed by atoms with E-state index in [1.807, 2.05) is 12.1 Å². The number of fused-ring (bicyclic) bond motifs is 3. The summed E-state index contributed by atoms with van der Waals surface area (Å²) < 4.78 is 1.05. The van der Waals surface area contributed by atoms with Crippen molar-refractivity contribution in [2.45, 2.75) is 18.5 Å². The molecular weight excluding hydrogens is 445 g/mol. The van der Waals surface area contributed by atoms with E-state index in [1.165, 1.54) is 9.80 Å². The molecule has 6 nitrogen and oxygen atoms in total. The number of halogens is 1. The van der Waals surface area contributed by atoms with Crippen molar-refractivity contribution >= 4 is 51.7 Å². The number of hydrogen-bond acceptors (Lipinski definition) is 3. The predicted molar refractivity (Wildman–Crippen MR) is 106 cm³/mol. The first-order valence-corrected chi connectivity index (χ1v) is 9.30. The first-order chi connectivity index (χ1) is 12.4. The molecule has 2 aromatic rings. The molecule has 26 heavy (non-hydrogen) atoms. The van der Waals surface area contributed by atoms with Gasteiger partial charge in [0.25, 0.3) is 11.8 Å². The number of anilines is 2. The number of likely N-dealkylation sites (N-methyl/N-ethyl adjacent to an activating group) is 1. The highest BCUT2D eigenvalue weighted by Crippen LogP contribution is 2.44. The van der Waals surface area contributed by atoms with Gasteiger partial charge < -0.3 is 10.2 Å². The van der Waals surface area contributed by atoms with E-state index in [2.05, 4.69) is 27.9 Å². The van der Waals surface area contributed by atoms with E-state index in [9.17, 15) is 14.4 Å². The quantitative estimate of drug-likeness (QED) is 0.700. The van der Waals surface area contributed by atoms with Gasteiger partial charge in [-0.05, 0) is 59.0 Å². The topological polar surface area (TPSA) is 69.7 Å². The molecule has 0 aliphatic carbocycles. The Morgan fingerprint density at radius 1 is 1.12 bits per heavy atom. The molecule has 0 radical (unpaired) electrons. The summed E-state index contributed by atoms with van der Waals surface area (Å²) in [7, 11) is 1.58. The molecule has 4 rings (SSSR count). The molecule has 2 aliphatic rings. The Bertz CT molecular complexity index is 928. The molecule has 1 fully saturated rings. The van der Waals surface area contributed by atoms with Crippen LogP contribution in [0.15, 0.2) is 48.5 Å². The number of nitrogens with one attached hydrogen (secondary N) is 1. The third-order valence-electron chi connectivity index (χ3n) is 5.01. The molecular formula is C19H16IN3O3. The summed E-state index contributed by atoms with van der Waals surface area (Å²) >= 11 is 2.19. The van der Waals surface area contributed by atoms with Crippen molar-refractivity contribution in [1.82, 2.24) is 4.90 Å². The molecule has 0 spiro atoms. The van der Waals surface area contributed by atoms with Gasteiger partial charge in [-0.2, -0.15) is 0 Å². The summed E-state index contributed by atoms with van der Waals surface area (Å²) in [6.45, 7) is 0. The minimum atomic E-state index is -1.34. The van der Waals surface area contributed by atoms with Crippen molar-refractivity contribution in [3.05, 3.63) is 57.7 Å². The zero-order chi connectivity index (χ0) is 18.5. The average molecular weight is 461 g/mol. The summed E-state index contributed by atoms with van der Waals surface area (Å²) in [6, 6.07) is 14.3. The van der Waals surface area contributed by atoms with Gasteiger partial charge >= 0.3 is 0 Å². The normalized spacial score (nSPS) is 21.5. The van der Waals surface area contributed by atoms with Crippen molar-refractivity contribution < 1.29 is 14.4 Å². The molecule has 0 unspecified atom stereocenters. The number of nitrogens with zero attached hydrogens (tertiary/aromatic N) is 2. The van der Waals surface area contributed by atoms with Crippen molar-refractivity contribution in [3.8, 4) is 0 Å². The average Bonchev–Trinajstić information content (AvgIpc) is 3.00. The number of benzene rings is 2. The van der Waals surface area contributed by atoms with E-state index in [1.54, 1.807) is 43.4 Å². The number of hydrogen-bond donors (Lipinski definition) is 1. The lowest BCUT2D eigenvalue weighted by Gasteiger charge is -2.47. The van der Waals surface area contributed by atoms with Gasteiger partial charge in [0.2, 0.25) is 11.6 Å². The fourth-order valence-corrected chi connectivity index (χ4v) is 4.05. The lowest BCUT2D eigenvalue weighted by atomic mass is 9.96. The minimum Gasteiger partial charge on any atom is -0.322 e. The third kappa shape index (κ3) is 2.33. The SMILES string of the molecule is CN1C(=O)c2ccccc2N2C(=O)CC[C@@]12C(=O)Nc1ccc(I)cc1. The van der Waals surface area contributed by atoms with Gasteiger partial charge in [0.15, 0.2) is 0 Å². The molecule has 2 aromatic carbocycles. The van der Waals surface area contributed by atoms with Crippen LogP contribution < -0.4 is 10.2 Å². The van der Waals surface area contributed by atoms with Gasteiger partial charge in [-0.25, -0.2) is 0 Å². The Morgan fingerprint density at radius 3 is 2.54 bits per heavy atom. The molecule has 132 valence electrons. The minimum absolute atomic E-state index is 0.158. The summed E-state index contributed by atoms with van der Waals surface area (Å²) in [5.74, 6) is -0.797. The number of carbonyl (C=O) groups excluding carboxylic acids is 3. The molecule has 0 saturated carbocycles. The number of rotatable bonds is 2. The summed E-state index contributed by atoms with van der Waals surface area (Å²) in [5, 5.41) is 2.87. The fourth-order valence-electron chi connectivity index (χ4n) is 3.69. The second-order valence-electron chi connectivity index (χ2n) is 6.39. The fraction of sp³-hybridized carbons (Fsp3) is 0.211. The highest BCUT2D eigenvalue weighted by Gasteiger charge is 2.59. The smallest absolute Gasteiger partial charge is 0.271 e. The summed E-state index contributed by atoms with van der Waals surface area (Å²) in [5.41, 5.74) is 0.216. The van der Waals surface area contributed by atoms with E-state index in [4.69, 9.17) is 0 Å². The zero-order valence-corrected chi connectivity index (χ0v) is 16.2. The van der Waals surface area contributed by atoms with Crippen LogP contribution in [0.2, 0.25) is 0 Å². The molecule has 2 aliphatic heterocycles. The van der Waals surface area contributed by atoms with Gasteiger partial charge in [0, 0.05) is 29.1 Å². The second kappa shape index (κ2) is 6.08. The third-order valence-corrected chi connectivity index (χ3v) is 5.73. The van der Waals surface area contributed by atoms with E-state index in [0.717, 1.165) is 3.57 Å². The van der Waals surface area contributed by atoms with E-state index in [-0.39, 0.29) is 30.6 Å². The highest BCUT2D eigenvalue weighted by molar-refractivity contribution is 14.1. The van der Waals surface area contributed by atoms with Crippen molar-refractivity contribution in [3.63, 3.8) is 0 Å². The Kier molecular flexibility index (Phi) is 3.98. The molecule has 7 heteroatoms. The van der Waals surface area contributed by atoms with Crippen molar-refractivity contribution in [2.75, 3.05) is 17.3 Å². The van der Waals surface area contributed by atoms with E-state index in [0.29, 0.717) is 16.9 Å². The molecule has 0 bridgehead atoms. The van der Waals surface area contributed by atoms with Crippen LogP contribution >= 0.6 is 22.6 Å². The monoisotopic (exact) mass is 461 g/mol. The Morgan fingerprint density at radius 2 is 1.81 bits per heavy atom. The Hall–Kier alpha value is -2.42. The standard InChI is InChI=1S/C19H16IN3O3/c1-22-17(25)14-4-2-3-5-15(14)23-16(24)10-11-19(22,23)18(26)21-13-8-6-12(20)7-9-13/h2-9H,10-11H2,1H3,(H,21,26)/t19-/m1/s1. The van der Waals surface area contributed by atoms with Gasteiger partial charge in [-0.15, -0.1) is 0 Å². The molecule has 2 heterocycles. The van der Waals surface area contributed by atoms with Crippen LogP contribution in [0.4, 0.5) is 11.4 Å². The number of carbonyl (C=O) groups is 3. The maximum absolute atomic E-state index is 13.3. The molecule has 1 N–H and O–H groups in total. The molecule has 1 saturated heterocycles. The summed E-state index contributed by atoms with van der Waals surface area (Å²) in [6.07, 6.45) is 0.477.